The van der Waals surface area contributed by atoms with Crippen LogP contribution in [0.15, 0.2) is 36.4 Å². The highest BCUT2D eigenvalue weighted by Crippen LogP contribution is 2.29. The monoisotopic (exact) mass is 414 g/mol. The molecule has 0 atom stereocenters. The number of fused-ring (bicyclic) bond motifs is 2. The molecule has 0 bridgehead atoms. The van der Waals surface area contributed by atoms with Crippen LogP contribution < -0.4 is 5.32 Å². The summed E-state index contributed by atoms with van der Waals surface area (Å²) in [5.41, 5.74) is 3.84. The van der Waals surface area contributed by atoms with Gasteiger partial charge in [-0.3, -0.25) is 0 Å². The molecule has 0 saturated carbocycles. The second kappa shape index (κ2) is 7.46. The highest BCUT2D eigenvalue weighted by Gasteiger charge is 2.15. The molecule has 1 aliphatic rings. The van der Waals surface area contributed by atoms with E-state index in [9.17, 15) is 8.78 Å². The highest BCUT2D eigenvalue weighted by atomic mass is 35.5. The molecule has 0 spiro atoms. The summed E-state index contributed by atoms with van der Waals surface area (Å²) in [5, 5.41) is 20.1. The Morgan fingerprint density at radius 3 is 2.52 bits per heavy atom. The van der Waals surface area contributed by atoms with Crippen LogP contribution in [0.25, 0.3) is 38.8 Å². The Kier molecular flexibility index (Phi) is 4.97. The van der Waals surface area contributed by atoms with Gasteiger partial charge in [-0.05, 0) is 54.4 Å². The number of rotatable bonds is 2. The number of hydrogen-bond donors (Lipinski definition) is 1. The number of hydrogen-bond acceptors (Lipinski definition) is 5. The molecule has 1 N–H and O–H groups in total. The number of nitrogens with zero attached hydrogens (tertiary/aromatic N) is 5. The minimum absolute atomic E-state index is 0. The van der Waals surface area contributed by atoms with Crippen molar-refractivity contribution in [2.75, 3.05) is 13.1 Å². The summed E-state index contributed by atoms with van der Waals surface area (Å²) in [6.45, 7) is 1.64. The van der Waals surface area contributed by atoms with Crippen LogP contribution in [0.2, 0.25) is 0 Å². The lowest BCUT2D eigenvalue weighted by Gasteiger charge is -2.15. The molecule has 148 valence electrons. The van der Waals surface area contributed by atoms with Crippen LogP contribution in [0.4, 0.5) is 8.78 Å². The van der Waals surface area contributed by atoms with E-state index >= 15 is 0 Å². The fourth-order valence-corrected chi connectivity index (χ4v) is 3.54. The van der Waals surface area contributed by atoms with Crippen LogP contribution in [-0.2, 0) is 7.05 Å². The van der Waals surface area contributed by atoms with Crippen molar-refractivity contribution in [1.29, 1.82) is 0 Å². The van der Waals surface area contributed by atoms with E-state index in [1.165, 1.54) is 16.9 Å². The van der Waals surface area contributed by atoms with Gasteiger partial charge in [-0.1, -0.05) is 6.08 Å². The normalized spacial score (nSPS) is 14.1. The zero-order valence-corrected chi connectivity index (χ0v) is 16.3. The molecule has 6 nitrogen and oxygen atoms in total. The van der Waals surface area contributed by atoms with Gasteiger partial charge >= 0.3 is 0 Å². The standard InChI is InChI=1S/C20H16F2N6.ClH/c1-28-26-19-9-13(7-16(22)20(19)27-28)17-10-14-15(21)6-12(8-18(14)25-24-17)11-2-4-23-5-3-11;/h2,6-10,23H,3-5H2,1H3;1H. The Morgan fingerprint density at radius 2 is 1.72 bits per heavy atom. The predicted octanol–water partition coefficient (Wildman–Crippen LogP) is 3.66. The quantitative estimate of drug-likeness (QED) is 0.542. The minimum atomic E-state index is -0.504. The maximum absolute atomic E-state index is 14.8. The maximum Gasteiger partial charge on any atom is 0.153 e. The Balaban J connectivity index is 0.00000205. The average molecular weight is 415 g/mol. The van der Waals surface area contributed by atoms with Crippen molar-refractivity contribution in [1.82, 2.24) is 30.5 Å². The van der Waals surface area contributed by atoms with Crippen molar-refractivity contribution in [3.8, 4) is 11.3 Å². The summed E-state index contributed by atoms with van der Waals surface area (Å²) < 4.78 is 29.2. The first kappa shape index (κ1) is 19.4. The van der Waals surface area contributed by atoms with Gasteiger partial charge in [0.25, 0.3) is 0 Å². The Morgan fingerprint density at radius 1 is 0.931 bits per heavy atom. The third-order valence-corrected chi connectivity index (χ3v) is 4.93. The molecule has 1 aliphatic heterocycles. The van der Waals surface area contributed by atoms with Crippen molar-refractivity contribution in [2.24, 2.45) is 7.05 Å². The van der Waals surface area contributed by atoms with Crippen LogP contribution >= 0.6 is 12.4 Å². The van der Waals surface area contributed by atoms with Gasteiger partial charge in [-0.2, -0.15) is 15.0 Å². The van der Waals surface area contributed by atoms with Crippen LogP contribution in [0.1, 0.15) is 12.0 Å². The highest BCUT2D eigenvalue weighted by molar-refractivity contribution is 5.88. The van der Waals surface area contributed by atoms with E-state index < -0.39 is 5.82 Å². The molecule has 0 amide bonds. The van der Waals surface area contributed by atoms with E-state index in [-0.39, 0.29) is 23.7 Å². The number of halogens is 3. The zero-order valence-electron chi connectivity index (χ0n) is 15.5. The SMILES string of the molecule is Cl.Cn1nc2cc(-c3cc4c(F)cc(C5=CCNCC5)cc4nn3)cc(F)c2n1. The van der Waals surface area contributed by atoms with Crippen molar-refractivity contribution < 1.29 is 8.78 Å². The molecular formula is C20H17ClF2N6. The topological polar surface area (TPSA) is 68.5 Å². The molecule has 0 fully saturated rings. The summed E-state index contributed by atoms with van der Waals surface area (Å²) >= 11 is 0. The fourth-order valence-electron chi connectivity index (χ4n) is 3.54. The lowest BCUT2D eigenvalue weighted by atomic mass is 9.98. The molecule has 4 aromatic rings. The van der Waals surface area contributed by atoms with E-state index in [1.54, 1.807) is 19.2 Å². The van der Waals surface area contributed by atoms with Gasteiger partial charge in [-0.15, -0.1) is 22.6 Å². The molecule has 0 unspecified atom stereocenters. The first-order valence-electron chi connectivity index (χ1n) is 8.96. The van der Waals surface area contributed by atoms with Crippen LogP contribution in [0.5, 0.6) is 0 Å². The number of nitrogens with one attached hydrogen (secondary N) is 1. The van der Waals surface area contributed by atoms with E-state index in [0.717, 1.165) is 30.6 Å². The smallest absolute Gasteiger partial charge is 0.153 e. The van der Waals surface area contributed by atoms with Crippen molar-refractivity contribution in [2.45, 2.75) is 6.42 Å². The Labute approximate surface area is 171 Å². The molecule has 9 heteroatoms. The van der Waals surface area contributed by atoms with Gasteiger partial charge in [-0.25, -0.2) is 8.78 Å². The minimum Gasteiger partial charge on any atom is -0.313 e. The molecule has 0 aliphatic carbocycles. The van der Waals surface area contributed by atoms with Crippen LogP contribution in [0, 0.1) is 11.6 Å². The first-order chi connectivity index (χ1) is 13.6. The van der Waals surface area contributed by atoms with E-state index in [2.05, 4.69) is 31.8 Å². The number of benzene rings is 2. The maximum atomic E-state index is 14.8. The van der Waals surface area contributed by atoms with Crippen molar-refractivity contribution in [3.63, 3.8) is 0 Å². The second-order valence-corrected chi connectivity index (χ2v) is 6.82. The molecular weight excluding hydrogens is 398 g/mol. The Hall–Kier alpha value is -2.97. The summed E-state index contributed by atoms with van der Waals surface area (Å²) in [4.78, 5) is 1.31. The molecule has 3 heterocycles. The predicted molar refractivity (Wildman–Crippen MR) is 110 cm³/mol. The summed E-state index contributed by atoms with van der Waals surface area (Å²) in [6.07, 6.45) is 2.90. The third kappa shape index (κ3) is 3.45. The molecule has 0 radical (unpaired) electrons. The third-order valence-electron chi connectivity index (χ3n) is 4.93. The molecule has 0 saturated heterocycles. The van der Waals surface area contributed by atoms with Crippen LogP contribution in [0.3, 0.4) is 0 Å². The van der Waals surface area contributed by atoms with Gasteiger partial charge in [0.15, 0.2) is 5.82 Å². The van der Waals surface area contributed by atoms with Gasteiger partial charge < -0.3 is 5.32 Å². The second-order valence-electron chi connectivity index (χ2n) is 6.82. The molecule has 2 aromatic carbocycles. The largest absolute Gasteiger partial charge is 0.313 e. The zero-order chi connectivity index (χ0) is 19.3. The van der Waals surface area contributed by atoms with Crippen molar-refractivity contribution >= 4 is 39.9 Å². The number of aryl methyl sites for hydroxylation is 1. The summed E-state index contributed by atoms with van der Waals surface area (Å²) in [6, 6.07) is 7.96. The molecule has 5 rings (SSSR count). The average Bonchev–Trinajstić information content (AvgIpc) is 3.09. The first-order valence-corrected chi connectivity index (χ1v) is 8.96. The number of aromatic nitrogens is 5. The van der Waals surface area contributed by atoms with E-state index in [4.69, 9.17) is 0 Å². The van der Waals surface area contributed by atoms with Crippen LogP contribution in [-0.4, -0.2) is 38.3 Å². The lowest BCUT2D eigenvalue weighted by Crippen LogP contribution is -2.20. The summed E-state index contributed by atoms with van der Waals surface area (Å²) in [7, 11) is 1.62. The lowest BCUT2D eigenvalue weighted by molar-refractivity contribution is 0.625. The van der Waals surface area contributed by atoms with Gasteiger partial charge in [0.1, 0.15) is 16.9 Å². The molecule has 29 heavy (non-hydrogen) atoms. The van der Waals surface area contributed by atoms with Gasteiger partial charge in [0, 0.05) is 24.5 Å². The van der Waals surface area contributed by atoms with Gasteiger partial charge in [0.2, 0.25) is 0 Å². The van der Waals surface area contributed by atoms with Crippen molar-refractivity contribution in [3.05, 3.63) is 53.6 Å². The molecule has 2 aromatic heterocycles. The van der Waals surface area contributed by atoms with E-state index in [1.807, 2.05) is 6.07 Å². The Bertz CT molecular complexity index is 1270. The van der Waals surface area contributed by atoms with Gasteiger partial charge in [0.05, 0.1) is 11.2 Å². The van der Waals surface area contributed by atoms with E-state index in [0.29, 0.717) is 27.7 Å². The summed E-state index contributed by atoms with van der Waals surface area (Å²) in [5.74, 6) is -0.875. The fraction of sp³-hybridized carbons (Fsp3) is 0.200.